The first-order chi connectivity index (χ1) is 10.5. The number of amides is 3. The van der Waals surface area contributed by atoms with E-state index in [0.29, 0.717) is 12.2 Å². The molecule has 2 aromatic rings. The third kappa shape index (κ3) is 3.85. The van der Waals surface area contributed by atoms with Gasteiger partial charge in [0.15, 0.2) is 0 Å². The molecule has 0 aliphatic heterocycles. The van der Waals surface area contributed by atoms with Crippen molar-refractivity contribution in [2.75, 3.05) is 5.73 Å². The molecule has 0 atom stereocenters. The number of rotatable bonds is 3. The minimum atomic E-state index is -0.548. The Balaban J connectivity index is 1.94. The van der Waals surface area contributed by atoms with E-state index in [1.165, 1.54) is 0 Å². The van der Waals surface area contributed by atoms with Gasteiger partial charge in [-0.2, -0.15) is 0 Å². The number of carbonyl (C=O) groups is 2. The van der Waals surface area contributed by atoms with Crippen molar-refractivity contribution < 1.29 is 9.59 Å². The highest BCUT2D eigenvalue weighted by Gasteiger charge is 2.13. The van der Waals surface area contributed by atoms with Crippen molar-refractivity contribution in [2.45, 2.75) is 20.4 Å². The van der Waals surface area contributed by atoms with Crippen LogP contribution in [0.3, 0.4) is 0 Å². The summed E-state index contributed by atoms with van der Waals surface area (Å²) in [6, 6.07) is 12.3. The molecule has 4 N–H and O–H groups in total. The number of hydrogen-bond acceptors (Lipinski definition) is 3. The van der Waals surface area contributed by atoms with Crippen LogP contribution in [0.5, 0.6) is 0 Å². The van der Waals surface area contributed by atoms with Gasteiger partial charge >= 0.3 is 6.03 Å². The van der Waals surface area contributed by atoms with Gasteiger partial charge in [0, 0.05) is 12.2 Å². The van der Waals surface area contributed by atoms with Crippen LogP contribution in [-0.2, 0) is 6.54 Å². The second kappa shape index (κ2) is 6.76. The zero-order valence-electron chi connectivity index (χ0n) is 12.6. The molecule has 22 heavy (non-hydrogen) atoms. The highest BCUT2D eigenvalue weighted by atomic mass is 16.2. The van der Waals surface area contributed by atoms with Gasteiger partial charge in [-0.25, -0.2) is 4.79 Å². The molecule has 0 saturated carbocycles. The molecule has 0 spiro atoms. The molecule has 0 aliphatic carbocycles. The molecular formula is C17H19N3O2. The third-order valence-electron chi connectivity index (χ3n) is 3.38. The maximum atomic E-state index is 12.0. The standard InChI is InChI=1S/C17H19N3O2/c1-11-7-8-14(15(18)9-11)16(21)20-17(22)19-10-13-6-4-3-5-12(13)2/h3-9H,10,18H2,1-2H3,(H2,19,20,21,22). The van der Waals surface area contributed by atoms with E-state index in [2.05, 4.69) is 10.6 Å². The summed E-state index contributed by atoms with van der Waals surface area (Å²) in [5.74, 6) is -0.514. The Hall–Kier alpha value is -2.82. The first kappa shape index (κ1) is 15.6. The lowest BCUT2D eigenvalue weighted by Crippen LogP contribution is -2.39. The van der Waals surface area contributed by atoms with Gasteiger partial charge in [-0.1, -0.05) is 30.3 Å². The zero-order valence-corrected chi connectivity index (χ0v) is 12.6. The SMILES string of the molecule is Cc1ccc(C(=O)NC(=O)NCc2ccccc2C)c(N)c1. The van der Waals surface area contributed by atoms with Crippen molar-refractivity contribution in [2.24, 2.45) is 0 Å². The first-order valence-corrected chi connectivity index (χ1v) is 6.97. The third-order valence-corrected chi connectivity index (χ3v) is 3.38. The summed E-state index contributed by atoms with van der Waals surface area (Å²) >= 11 is 0. The van der Waals surface area contributed by atoms with E-state index in [9.17, 15) is 9.59 Å². The van der Waals surface area contributed by atoms with Crippen molar-refractivity contribution in [1.82, 2.24) is 10.6 Å². The number of nitrogens with two attached hydrogens (primary N) is 1. The molecule has 114 valence electrons. The minimum Gasteiger partial charge on any atom is -0.398 e. The fourth-order valence-electron chi connectivity index (χ4n) is 2.09. The van der Waals surface area contributed by atoms with E-state index in [4.69, 9.17) is 5.73 Å². The van der Waals surface area contributed by atoms with Crippen LogP contribution in [-0.4, -0.2) is 11.9 Å². The van der Waals surface area contributed by atoms with Gasteiger partial charge in [0.25, 0.3) is 5.91 Å². The average molecular weight is 297 g/mol. The Morgan fingerprint density at radius 1 is 1.09 bits per heavy atom. The second-order valence-electron chi connectivity index (χ2n) is 5.15. The lowest BCUT2D eigenvalue weighted by molar-refractivity contribution is 0.0965. The van der Waals surface area contributed by atoms with Gasteiger partial charge in [0.2, 0.25) is 0 Å². The Kier molecular flexibility index (Phi) is 4.78. The maximum absolute atomic E-state index is 12.0. The van der Waals surface area contributed by atoms with Gasteiger partial charge in [-0.05, 0) is 42.7 Å². The zero-order chi connectivity index (χ0) is 16.1. The Morgan fingerprint density at radius 2 is 1.82 bits per heavy atom. The highest BCUT2D eigenvalue weighted by Crippen LogP contribution is 2.13. The molecule has 0 saturated heterocycles. The minimum absolute atomic E-state index is 0.289. The van der Waals surface area contributed by atoms with Gasteiger partial charge in [-0.15, -0.1) is 0 Å². The van der Waals surface area contributed by atoms with E-state index < -0.39 is 11.9 Å². The Morgan fingerprint density at radius 3 is 2.50 bits per heavy atom. The number of anilines is 1. The molecule has 5 nitrogen and oxygen atoms in total. The lowest BCUT2D eigenvalue weighted by atomic mass is 10.1. The fourth-order valence-corrected chi connectivity index (χ4v) is 2.09. The topological polar surface area (TPSA) is 84.2 Å². The maximum Gasteiger partial charge on any atom is 0.321 e. The van der Waals surface area contributed by atoms with E-state index in [0.717, 1.165) is 16.7 Å². The summed E-state index contributed by atoms with van der Waals surface area (Å²) < 4.78 is 0. The Labute approximate surface area is 129 Å². The first-order valence-electron chi connectivity index (χ1n) is 6.97. The highest BCUT2D eigenvalue weighted by molar-refractivity contribution is 6.07. The fraction of sp³-hybridized carbons (Fsp3) is 0.176. The van der Waals surface area contributed by atoms with Gasteiger partial charge in [0.05, 0.1) is 5.56 Å². The summed E-state index contributed by atoms with van der Waals surface area (Å²) in [7, 11) is 0. The van der Waals surface area contributed by atoms with Crippen LogP contribution in [0.1, 0.15) is 27.0 Å². The molecule has 0 bridgehead atoms. The predicted molar refractivity (Wildman–Crippen MR) is 86.5 cm³/mol. The number of imide groups is 1. The quantitative estimate of drug-likeness (QED) is 0.761. The molecule has 0 radical (unpaired) electrons. The summed E-state index contributed by atoms with van der Waals surface area (Å²) in [6.45, 7) is 4.20. The molecule has 5 heteroatoms. The molecule has 0 aromatic heterocycles. The molecule has 2 rings (SSSR count). The van der Waals surface area contributed by atoms with E-state index in [-0.39, 0.29) is 5.56 Å². The summed E-state index contributed by atoms with van der Waals surface area (Å²) in [5.41, 5.74) is 9.47. The van der Waals surface area contributed by atoms with Crippen LogP contribution < -0.4 is 16.4 Å². The predicted octanol–water partition coefficient (Wildman–Crippen LogP) is 2.53. The number of hydrogen-bond donors (Lipinski definition) is 3. The number of benzene rings is 2. The molecule has 2 aromatic carbocycles. The largest absolute Gasteiger partial charge is 0.398 e. The molecule has 0 aliphatic rings. The normalized spacial score (nSPS) is 10.1. The van der Waals surface area contributed by atoms with Gasteiger partial charge in [-0.3, -0.25) is 10.1 Å². The smallest absolute Gasteiger partial charge is 0.321 e. The molecule has 0 fully saturated rings. The van der Waals surface area contributed by atoms with Crippen LogP contribution in [0.15, 0.2) is 42.5 Å². The van der Waals surface area contributed by atoms with Crippen molar-refractivity contribution in [3.05, 3.63) is 64.7 Å². The van der Waals surface area contributed by atoms with E-state index >= 15 is 0 Å². The van der Waals surface area contributed by atoms with Gasteiger partial charge < -0.3 is 11.1 Å². The number of nitrogen functional groups attached to an aromatic ring is 1. The van der Waals surface area contributed by atoms with Crippen LogP contribution in [0, 0.1) is 13.8 Å². The van der Waals surface area contributed by atoms with Crippen molar-refractivity contribution in [3.63, 3.8) is 0 Å². The van der Waals surface area contributed by atoms with Crippen LogP contribution >= 0.6 is 0 Å². The summed E-state index contributed by atoms with van der Waals surface area (Å²) in [6.07, 6.45) is 0. The monoisotopic (exact) mass is 297 g/mol. The molecule has 0 heterocycles. The Bertz CT molecular complexity index is 711. The molecular weight excluding hydrogens is 278 g/mol. The van der Waals surface area contributed by atoms with Crippen molar-refractivity contribution in [1.29, 1.82) is 0 Å². The number of urea groups is 1. The van der Waals surface area contributed by atoms with Crippen molar-refractivity contribution >= 4 is 17.6 Å². The van der Waals surface area contributed by atoms with Crippen LogP contribution in [0.25, 0.3) is 0 Å². The van der Waals surface area contributed by atoms with Crippen molar-refractivity contribution in [3.8, 4) is 0 Å². The molecule has 0 unspecified atom stereocenters. The number of carbonyl (C=O) groups excluding carboxylic acids is 2. The van der Waals surface area contributed by atoms with Gasteiger partial charge in [0.1, 0.15) is 0 Å². The summed E-state index contributed by atoms with van der Waals surface area (Å²) in [5, 5.41) is 4.94. The van der Waals surface area contributed by atoms with E-state index in [1.807, 2.05) is 38.1 Å². The second-order valence-corrected chi connectivity index (χ2v) is 5.15. The van der Waals surface area contributed by atoms with Crippen LogP contribution in [0.4, 0.5) is 10.5 Å². The lowest BCUT2D eigenvalue weighted by Gasteiger charge is -2.10. The molecule has 3 amide bonds. The van der Waals surface area contributed by atoms with Crippen LogP contribution in [0.2, 0.25) is 0 Å². The number of nitrogens with one attached hydrogen (secondary N) is 2. The number of aryl methyl sites for hydroxylation is 2. The van der Waals surface area contributed by atoms with E-state index in [1.54, 1.807) is 18.2 Å². The average Bonchev–Trinajstić information content (AvgIpc) is 2.46. The summed E-state index contributed by atoms with van der Waals surface area (Å²) in [4.78, 5) is 23.8.